The van der Waals surface area contributed by atoms with Gasteiger partial charge >= 0.3 is 12.1 Å². The van der Waals surface area contributed by atoms with Crippen LogP contribution in [0.3, 0.4) is 0 Å². The molecular weight excluding hydrogens is 434 g/mol. The molecule has 1 unspecified atom stereocenters. The van der Waals surface area contributed by atoms with Crippen molar-refractivity contribution in [2.24, 2.45) is 0 Å². The van der Waals surface area contributed by atoms with E-state index in [0.717, 1.165) is 22.3 Å². The number of hydrogen-bond acceptors (Lipinski definition) is 5. The standard InChI is InChI=1S/C26H25N3O5/c1-2-16(13-24(30)28-17-11-12-23(25(31)32)27-14-17)29-26(33)34-15-22-20-9-5-3-7-18(20)19-8-4-6-10-21(19)22/h3-12,14,16,22H,2,13,15H2,1H3,(H,28,30)(H,29,33)(H,31,32). The minimum Gasteiger partial charge on any atom is -0.477 e. The summed E-state index contributed by atoms with van der Waals surface area (Å²) in [6.45, 7) is 2.06. The van der Waals surface area contributed by atoms with Gasteiger partial charge in [0.15, 0.2) is 0 Å². The average Bonchev–Trinajstić information content (AvgIpc) is 3.16. The monoisotopic (exact) mass is 459 g/mol. The first-order valence-electron chi connectivity index (χ1n) is 11.1. The molecule has 0 fully saturated rings. The second-order valence-electron chi connectivity index (χ2n) is 8.06. The lowest BCUT2D eigenvalue weighted by atomic mass is 9.98. The molecule has 0 saturated carbocycles. The van der Waals surface area contributed by atoms with E-state index < -0.39 is 18.1 Å². The number of amides is 2. The Morgan fingerprint density at radius 3 is 2.21 bits per heavy atom. The van der Waals surface area contributed by atoms with Crippen LogP contribution in [0.4, 0.5) is 10.5 Å². The summed E-state index contributed by atoms with van der Waals surface area (Å²) < 4.78 is 5.56. The van der Waals surface area contributed by atoms with Crippen molar-refractivity contribution < 1.29 is 24.2 Å². The maximum Gasteiger partial charge on any atom is 0.407 e. The maximum atomic E-state index is 12.5. The number of carbonyl (C=O) groups is 3. The first-order chi connectivity index (χ1) is 16.5. The Hall–Kier alpha value is -4.20. The molecule has 3 aromatic rings. The lowest BCUT2D eigenvalue weighted by molar-refractivity contribution is -0.116. The zero-order chi connectivity index (χ0) is 24.1. The topological polar surface area (TPSA) is 118 Å². The van der Waals surface area contributed by atoms with Gasteiger partial charge in [0.25, 0.3) is 0 Å². The van der Waals surface area contributed by atoms with Gasteiger partial charge in [0, 0.05) is 18.4 Å². The van der Waals surface area contributed by atoms with E-state index in [1.54, 1.807) is 0 Å². The second kappa shape index (κ2) is 10.2. The molecule has 1 aliphatic rings. The van der Waals surface area contributed by atoms with Crippen molar-refractivity contribution in [3.63, 3.8) is 0 Å². The summed E-state index contributed by atoms with van der Waals surface area (Å²) in [6.07, 6.45) is 1.28. The fourth-order valence-electron chi connectivity index (χ4n) is 4.13. The number of carboxylic acids is 1. The van der Waals surface area contributed by atoms with Gasteiger partial charge in [-0.25, -0.2) is 14.6 Å². The first kappa shape index (κ1) is 23.0. The molecule has 0 radical (unpaired) electrons. The van der Waals surface area contributed by atoms with E-state index in [4.69, 9.17) is 9.84 Å². The number of carboxylic acid groups (broad SMARTS) is 1. The van der Waals surface area contributed by atoms with E-state index in [9.17, 15) is 14.4 Å². The Morgan fingerprint density at radius 2 is 1.65 bits per heavy atom. The highest BCUT2D eigenvalue weighted by atomic mass is 16.5. The lowest BCUT2D eigenvalue weighted by Gasteiger charge is -2.18. The van der Waals surface area contributed by atoms with Gasteiger partial charge in [-0.2, -0.15) is 0 Å². The van der Waals surface area contributed by atoms with Gasteiger partial charge in [-0.05, 0) is 40.8 Å². The van der Waals surface area contributed by atoms with E-state index in [1.165, 1.54) is 18.3 Å². The number of aromatic carboxylic acids is 1. The highest BCUT2D eigenvalue weighted by Gasteiger charge is 2.29. The SMILES string of the molecule is CCC(CC(=O)Nc1ccc(C(=O)O)nc1)NC(=O)OCC1c2ccccc2-c2ccccc21. The normalized spacial score (nSPS) is 12.9. The van der Waals surface area contributed by atoms with E-state index in [-0.39, 0.29) is 30.5 Å². The molecule has 0 spiro atoms. The second-order valence-corrected chi connectivity index (χ2v) is 8.06. The van der Waals surface area contributed by atoms with Crippen molar-refractivity contribution in [2.45, 2.75) is 31.7 Å². The molecule has 34 heavy (non-hydrogen) atoms. The molecule has 0 saturated heterocycles. The third kappa shape index (κ3) is 5.06. The number of anilines is 1. The average molecular weight is 460 g/mol. The number of nitrogens with zero attached hydrogens (tertiary/aromatic N) is 1. The zero-order valence-electron chi connectivity index (χ0n) is 18.7. The fourth-order valence-corrected chi connectivity index (χ4v) is 4.13. The predicted octanol–water partition coefficient (Wildman–Crippen LogP) is 4.43. The van der Waals surface area contributed by atoms with Crippen molar-refractivity contribution in [1.82, 2.24) is 10.3 Å². The van der Waals surface area contributed by atoms with Crippen LogP contribution in [0.1, 0.15) is 47.3 Å². The zero-order valence-corrected chi connectivity index (χ0v) is 18.7. The summed E-state index contributed by atoms with van der Waals surface area (Å²) in [5.74, 6) is -1.50. The first-order valence-corrected chi connectivity index (χ1v) is 11.1. The van der Waals surface area contributed by atoms with Crippen LogP contribution in [0.25, 0.3) is 11.1 Å². The smallest absolute Gasteiger partial charge is 0.407 e. The van der Waals surface area contributed by atoms with E-state index in [0.29, 0.717) is 12.1 Å². The van der Waals surface area contributed by atoms with Crippen molar-refractivity contribution in [3.8, 4) is 11.1 Å². The molecule has 2 amide bonds. The Morgan fingerprint density at radius 1 is 1.00 bits per heavy atom. The third-order valence-corrected chi connectivity index (χ3v) is 5.86. The van der Waals surface area contributed by atoms with Crippen LogP contribution in [0.2, 0.25) is 0 Å². The van der Waals surface area contributed by atoms with Crippen LogP contribution >= 0.6 is 0 Å². The van der Waals surface area contributed by atoms with Crippen LogP contribution in [-0.2, 0) is 9.53 Å². The number of hydrogen-bond donors (Lipinski definition) is 3. The number of nitrogens with one attached hydrogen (secondary N) is 2. The molecular formula is C26H25N3O5. The Balaban J connectivity index is 1.31. The molecule has 8 nitrogen and oxygen atoms in total. The molecule has 1 aliphatic carbocycles. The number of carbonyl (C=O) groups excluding carboxylic acids is 2. The number of ether oxygens (including phenoxy) is 1. The Kier molecular flexibility index (Phi) is 6.87. The molecule has 1 aromatic heterocycles. The quantitative estimate of drug-likeness (QED) is 0.459. The minimum atomic E-state index is -1.14. The number of fused-ring (bicyclic) bond motifs is 3. The molecule has 3 N–H and O–H groups in total. The highest BCUT2D eigenvalue weighted by molar-refractivity contribution is 5.92. The molecule has 8 heteroatoms. The predicted molar refractivity (Wildman–Crippen MR) is 127 cm³/mol. The molecule has 1 atom stereocenters. The van der Waals surface area contributed by atoms with E-state index in [1.807, 2.05) is 31.2 Å². The fraction of sp³-hybridized carbons (Fsp3) is 0.231. The molecule has 0 bridgehead atoms. The van der Waals surface area contributed by atoms with Crippen LogP contribution in [-0.4, -0.2) is 40.7 Å². The Bertz CT molecular complexity index is 1160. The molecule has 1 heterocycles. The summed E-state index contributed by atoms with van der Waals surface area (Å²) in [5, 5.41) is 14.3. The summed E-state index contributed by atoms with van der Waals surface area (Å²) in [7, 11) is 0. The van der Waals surface area contributed by atoms with Gasteiger partial charge in [-0.15, -0.1) is 0 Å². The summed E-state index contributed by atoms with van der Waals surface area (Å²) >= 11 is 0. The van der Waals surface area contributed by atoms with Crippen molar-refractivity contribution >= 4 is 23.7 Å². The molecule has 2 aromatic carbocycles. The van der Waals surface area contributed by atoms with E-state index >= 15 is 0 Å². The minimum absolute atomic E-state index is 0.0391. The van der Waals surface area contributed by atoms with Crippen molar-refractivity contribution in [3.05, 3.63) is 83.7 Å². The van der Waals surface area contributed by atoms with Gasteiger partial charge in [0.05, 0.1) is 11.9 Å². The van der Waals surface area contributed by atoms with Crippen LogP contribution in [0.15, 0.2) is 66.9 Å². The van der Waals surface area contributed by atoms with Gasteiger partial charge in [-0.3, -0.25) is 4.79 Å². The molecule has 4 rings (SSSR count). The van der Waals surface area contributed by atoms with Gasteiger partial charge in [-0.1, -0.05) is 55.5 Å². The van der Waals surface area contributed by atoms with Crippen molar-refractivity contribution in [1.29, 1.82) is 0 Å². The molecule has 0 aliphatic heterocycles. The maximum absolute atomic E-state index is 12.5. The summed E-state index contributed by atoms with van der Waals surface area (Å²) in [4.78, 5) is 39.5. The number of alkyl carbamates (subject to hydrolysis) is 1. The number of benzene rings is 2. The van der Waals surface area contributed by atoms with Gasteiger partial charge in [0.1, 0.15) is 12.3 Å². The number of pyridine rings is 1. The Labute approximate surface area is 197 Å². The van der Waals surface area contributed by atoms with Crippen molar-refractivity contribution in [2.75, 3.05) is 11.9 Å². The van der Waals surface area contributed by atoms with Gasteiger partial charge < -0.3 is 20.5 Å². The highest BCUT2D eigenvalue weighted by Crippen LogP contribution is 2.44. The third-order valence-electron chi connectivity index (χ3n) is 5.86. The summed E-state index contributed by atoms with van der Waals surface area (Å²) in [6, 6.07) is 18.6. The van der Waals surface area contributed by atoms with Crippen LogP contribution in [0, 0.1) is 0 Å². The summed E-state index contributed by atoms with van der Waals surface area (Å²) in [5.41, 5.74) is 4.84. The largest absolute Gasteiger partial charge is 0.477 e. The number of aromatic nitrogens is 1. The molecule has 174 valence electrons. The van der Waals surface area contributed by atoms with Gasteiger partial charge in [0.2, 0.25) is 5.91 Å². The van der Waals surface area contributed by atoms with Crippen LogP contribution < -0.4 is 10.6 Å². The number of rotatable bonds is 8. The lowest BCUT2D eigenvalue weighted by Crippen LogP contribution is -2.38. The van der Waals surface area contributed by atoms with E-state index in [2.05, 4.69) is 39.9 Å². The van der Waals surface area contributed by atoms with Crippen LogP contribution in [0.5, 0.6) is 0 Å².